The van der Waals surface area contributed by atoms with Gasteiger partial charge in [0.15, 0.2) is 0 Å². The maximum Gasteiger partial charge on any atom is 0.342 e. The molecule has 0 saturated carbocycles. The molecule has 2 aromatic carbocycles. The lowest BCUT2D eigenvalue weighted by Crippen LogP contribution is -2.05. The zero-order chi connectivity index (χ0) is 13.8. The molecular formula is C14H11BrO4. The first-order chi connectivity index (χ1) is 9.08. The molecule has 0 spiro atoms. The van der Waals surface area contributed by atoms with Crippen LogP contribution in [0.4, 0.5) is 0 Å². The Morgan fingerprint density at radius 2 is 1.89 bits per heavy atom. The summed E-state index contributed by atoms with van der Waals surface area (Å²) in [6, 6.07) is 11.0. The van der Waals surface area contributed by atoms with Crippen LogP contribution >= 0.6 is 15.9 Å². The van der Waals surface area contributed by atoms with Crippen molar-refractivity contribution in [3.05, 3.63) is 58.1 Å². The lowest BCUT2D eigenvalue weighted by molar-refractivity contribution is 0.0468. The topological polar surface area (TPSA) is 66.8 Å². The summed E-state index contributed by atoms with van der Waals surface area (Å²) in [6.07, 6.45) is 0. The number of ether oxygens (including phenoxy) is 1. The van der Waals surface area contributed by atoms with Gasteiger partial charge in [0.05, 0.1) is 0 Å². The SMILES string of the molecule is O=C(OCc1ccccc1Br)c1cc(O)ccc1O. The minimum Gasteiger partial charge on any atom is -0.508 e. The van der Waals surface area contributed by atoms with Crippen molar-refractivity contribution < 1.29 is 19.7 Å². The first-order valence-electron chi connectivity index (χ1n) is 5.50. The number of carbonyl (C=O) groups excluding carboxylic acids is 1. The molecule has 0 aliphatic rings. The predicted molar refractivity (Wildman–Crippen MR) is 73.0 cm³/mol. The van der Waals surface area contributed by atoms with Crippen LogP contribution < -0.4 is 0 Å². The Bertz CT molecular complexity index is 610. The molecule has 0 amide bonds. The molecule has 98 valence electrons. The highest BCUT2D eigenvalue weighted by Gasteiger charge is 2.14. The third kappa shape index (κ3) is 3.26. The smallest absolute Gasteiger partial charge is 0.342 e. The summed E-state index contributed by atoms with van der Waals surface area (Å²) in [4.78, 5) is 11.8. The van der Waals surface area contributed by atoms with Crippen LogP contribution in [-0.2, 0) is 11.3 Å². The van der Waals surface area contributed by atoms with Crippen LogP contribution in [0.3, 0.4) is 0 Å². The molecule has 0 fully saturated rings. The Morgan fingerprint density at radius 3 is 2.63 bits per heavy atom. The third-order valence-electron chi connectivity index (χ3n) is 2.52. The Balaban J connectivity index is 2.10. The van der Waals surface area contributed by atoms with Gasteiger partial charge in [-0.2, -0.15) is 0 Å². The second kappa shape index (κ2) is 5.75. The van der Waals surface area contributed by atoms with E-state index in [2.05, 4.69) is 15.9 Å². The van der Waals surface area contributed by atoms with Crippen molar-refractivity contribution in [2.24, 2.45) is 0 Å². The highest BCUT2D eigenvalue weighted by atomic mass is 79.9. The molecule has 0 heterocycles. The molecular weight excluding hydrogens is 312 g/mol. The second-order valence-electron chi connectivity index (χ2n) is 3.87. The highest BCUT2D eigenvalue weighted by Crippen LogP contribution is 2.24. The van der Waals surface area contributed by atoms with Crippen LogP contribution in [0.15, 0.2) is 46.9 Å². The quantitative estimate of drug-likeness (QED) is 0.672. The number of halogens is 1. The van der Waals surface area contributed by atoms with Crippen LogP contribution in [0.1, 0.15) is 15.9 Å². The number of esters is 1. The molecule has 19 heavy (non-hydrogen) atoms. The molecule has 0 unspecified atom stereocenters. The average Bonchev–Trinajstić information content (AvgIpc) is 2.40. The van der Waals surface area contributed by atoms with Crippen molar-refractivity contribution in [1.82, 2.24) is 0 Å². The van der Waals surface area contributed by atoms with E-state index in [1.807, 2.05) is 24.3 Å². The molecule has 0 saturated heterocycles. The molecule has 2 N–H and O–H groups in total. The zero-order valence-electron chi connectivity index (χ0n) is 9.84. The largest absolute Gasteiger partial charge is 0.508 e. The summed E-state index contributed by atoms with van der Waals surface area (Å²) < 4.78 is 5.93. The summed E-state index contributed by atoms with van der Waals surface area (Å²) in [7, 11) is 0. The number of rotatable bonds is 3. The number of phenolic OH excluding ortho intramolecular Hbond substituents is 2. The van der Waals surface area contributed by atoms with Crippen molar-refractivity contribution in [2.45, 2.75) is 6.61 Å². The molecule has 5 heteroatoms. The number of benzene rings is 2. The lowest BCUT2D eigenvalue weighted by Gasteiger charge is -2.08. The van der Waals surface area contributed by atoms with Crippen LogP contribution in [0.2, 0.25) is 0 Å². The number of phenols is 2. The van der Waals surface area contributed by atoms with Gasteiger partial charge in [0.25, 0.3) is 0 Å². The summed E-state index contributed by atoms with van der Waals surface area (Å²) in [5.41, 5.74) is 0.752. The molecule has 0 aliphatic heterocycles. The molecule has 0 bridgehead atoms. The maximum absolute atomic E-state index is 11.8. The zero-order valence-corrected chi connectivity index (χ0v) is 11.4. The van der Waals surface area contributed by atoms with Crippen molar-refractivity contribution >= 4 is 21.9 Å². The van der Waals surface area contributed by atoms with Crippen molar-refractivity contribution in [1.29, 1.82) is 0 Å². The Hall–Kier alpha value is -2.01. The van der Waals surface area contributed by atoms with E-state index < -0.39 is 5.97 Å². The van der Waals surface area contributed by atoms with E-state index in [0.29, 0.717) is 0 Å². The monoisotopic (exact) mass is 322 g/mol. The fourth-order valence-corrected chi connectivity index (χ4v) is 1.92. The minimum absolute atomic E-state index is 0.0629. The number of aromatic hydroxyl groups is 2. The Morgan fingerprint density at radius 1 is 1.16 bits per heavy atom. The molecule has 0 radical (unpaired) electrons. The maximum atomic E-state index is 11.8. The van der Waals surface area contributed by atoms with Gasteiger partial charge in [-0.25, -0.2) is 4.79 Å². The molecule has 0 aliphatic carbocycles. The van der Waals surface area contributed by atoms with Gasteiger partial charge >= 0.3 is 5.97 Å². The van der Waals surface area contributed by atoms with Gasteiger partial charge in [0.1, 0.15) is 23.7 Å². The van der Waals surface area contributed by atoms with Crippen LogP contribution in [0.5, 0.6) is 11.5 Å². The van der Waals surface area contributed by atoms with E-state index in [9.17, 15) is 15.0 Å². The van der Waals surface area contributed by atoms with Crippen molar-refractivity contribution in [2.75, 3.05) is 0 Å². The van der Waals surface area contributed by atoms with Gasteiger partial charge in [-0.1, -0.05) is 34.1 Å². The Kier molecular flexibility index (Phi) is 4.06. The third-order valence-corrected chi connectivity index (χ3v) is 3.29. The van der Waals surface area contributed by atoms with Crippen LogP contribution in [0.25, 0.3) is 0 Å². The van der Waals surface area contributed by atoms with E-state index in [-0.39, 0.29) is 23.7 Å². The first-order valence-corrected chi connectivity index (χ1v) is 6.30. The van der Waals surface area contributed by atoms with E-state index in [0.717, 1.165) is 16.1 Å². The van der Waals surface area contributed by atoms with Gasteiger partial charge in [-0.3, -0.25) is 0 Å². The summed E-state index contributed by atoms with van der Waals surface area (Å²) in [5.74, 6) is -1.02. The van der Waals surface area contributed by atoms with Gasteiger partial charge in [-0.15, -0.1) is 0 Å². The molecule has 4 nitrogen and oxygen atoms in total. The molecule has 0 aromatic heterocycles. The molecule has 2 rings (SSSR count). The van der Waals surface area contributed by atoms with E-state index in [1.165, 1.54) is 12.1 Å². The van der Waals surface area contributed by atoms with E-state index in [1.54, 1.807) is 0 Å². The first kappa shape index (κ1) is 13.4. The Labute approximate surface area is 118 Å². The second-order valence-corrected chi connectivity index (χ2v) is 4.72. The van der Waals surface area contributed by atoms with Gasteiger partial charge in [0.2, 0.25) is 0 Å². The average molecular weight is 323 g/mol. The molecule has 0 atom stereocenters. The fourth-order valence-electron chi connectivity index (χ4n) is 1.52. The van der Waals surface area contributed by atoms with Crippen molar-refractivity contribution in [3.63, 3.8) is 0 Å². The number of hydrogen-bond acceptors (Lipinski definition) is 4. The fraction of sp³-hybridized carbons (Fsp3) is 0.0714. The number of carbonyl (C=O) groups is 1. The van der Waals surface area contributed by atoms with E-state index in [4.69, 9.17) is 4.74 Å². The minimum atomic E-state index is -0.691. The lowest BCUT2D eigenvalue weighted by atomic mass is 10.2. The van der Waals surface area contributed by atoms with Gasteiger partial charge in [-0.05, 0) is 24.3 Å². The highest BCUT2D eigenvalue weighted by molar-refractivity contribution is 9.10. The van der Waals surface area contributed by atoms with Gasteiger partial charge in [0, 0.05) is 10.0 Å². The predicted octanol–water partition coefficient (Wildman–Crippen LogP) is 3.22. The van der Waals surface area contributed by atoms with Crippen molar-refractivity contribution in [3.8, 4) is 11.5 Å². The standard InChI is InChI=1S/C14H11BrO4/c15-12-4-2-1-3-9(12)8-19-14(18)11-7-10(16)5-6-13(11)17/h1-7,16-17H,8H2. The number of hydrogen-bond donors (Lipinski definition) is 2. The van der Waals surface area contributed by atoms with Crippen LogP contribution in [0, 0.1) is 0 Å². The summed E-state index contributed by atoms with van der Waals surface area (Å²) >= 11 is 3.35. The molecule has 2 aromatic rings. The summed E-state index contributed by atoms with van der Waals surface area (Å²) in [5, 5.41) is 18.8. The van der Waals surface area contributed by atoms with Gasteiger partial charge < -0.3 is 14.9 Å². The normalized spacial score (nSPS) is 10.2. The summed E-state index contributed by atoms with van der Waals surface area (Å²) in [6.45, 7) is 0.0787. The van der Waals surface area contributed by atoms with E-state index >= 15 is 0 Å². The van der Waals surface area contributed by atoms with Crippen LogP contribution in [-0.4, -0.2) is 16.2 Å².